The molecule has 2 nitrogen and oxygen atoms in total. The van der Waals surface area contributed by atoms with Gasteiger partial charge in [0.1, 0.15) is 5.75 Å². The lowest BCUT2D eigenvalue weighted by Gasteiger charge is -2.29. The van der Waals surface area contributed by atoms with Crippen molar-refractivity contribution in [2.75, 3.05) is 6.61 Å². The Morgan fingerprint density at radius 1 is 1.21 bits per heavy atom. The van der Waals surface area contributed by atoms with Crippen LogP contribution in [0.25, 0.3) is 0 Å². The molecule has 1 unspecified atom stereocenters. The van der Waals surface area contributed by atoms with Crippen LogP contribution in [0.4, 0.5) is 0 Å². The summed E-state index contributed by atoms with van der Waals surface area (Å²) in [7, 11) is 0. The molecule has 1 N–H and O–H groups in total. The molecular formula is C17H24O2. The summed E-state index contributed by atoms with van der Waals surface area (Å²) in [6, 6.07) is 6.45. The molecule has 0 heterocycles. The van der Waals surface area contributed by atoms with Gasteiger partial charge in [-0.1, -0.05) is 26.0 Å². The average Bonchev–Trinajstić information content (AvgIpc) is 2.72. The number of benzene rings is 1. The summed E-state index contributed by atoms with van der Waals surface area (Å²) in [5, 5.41) is 9.85. The van der Waals surface area contributed by atoms with Gasteiger partial charge in [-0.2, -0.15) is 0 Å². The third-order valence-corrected chi connectivity index (χ3v) is 4.57. The van der Waals surface area contributed by atoms with Crippen molar-refractivity contribution >= 4 is 0 Å². The lowest BCUT2D eigenvalue weighted by Crippen LogP contribution is -2.21. The molecular weight excluding hydrogens is 236 g/mol. The van der Waals surface area contributed by atoms with Gasteiger partial charge in [0.25, 0.3) is 0 Å². The summed E-state index contributed by atoms with van der Waals surface area (Å²) in [4.78, 5) is 0. The molecule has 0 radical (unpaired) electrons. The van der Waals surface area contributed by atoms with E-state index < -0.39 is 0 Å². The smallest absolute Gasteiger partial charge is 0.122 e. The van der Waals surface area contributed by atoms with E-state index in [-0.39, 0.29) is 6.10 Å². The standard InChI is InChI=1S/C17H24O2/c1-11(2)10-19-17-5-3-4-12-6-13-7-15(18)8-14(13)9-16(12)17/h3-5,11,13-15,18H,6-10H2,1-2H3/t13-,14-,15?/m1/s1. The molecule has 0 spiro atoms. The van der Waals surface area contributed by atoms with Crippen LogP contribution < -0.4 is 4.74 Å². The van der Waals surface area contributed by atoms with Crippen LogP contribution in [0.3, 0.4) is 0 Å². The molecule has 104 valence electrons. The first kappa shape index (κ1) is 13.0. The van der Waals surface area contributed by atoms with E-state index in [0.29, 0.717) is 17.8 Å². The monoisotopic (exact) mass is 260 g/mol. The fourth-order valence-corrected chi connectivity index (χ4v) is 3.65. The predicted octanol–water partition coefficient (Wildman–Crippen LogP) is 3.21. The van der Waals surface area contributed by atoms with Crippen LogP contribution in [-0.4, -0.2) is 17.8 Å². The van der Waals surface area contributed by atoms with Crippen LogP contribution in [-0.2, 0) is 12.8 Å². The largest absolute Gasteiger partial charge is 0.493 e. The second-order valence-electron chi connectivity index (χ2n) is 6.65. The molecule has 0 bridgehead atoms. The zero-order chi connectivity index (χ0) is 13.4. The SMILES string of the molecule is CC(C)COc1cccc2c1C[C@H]1CC(O)C[C@H]1C2. The minimum absolute atomic E-state index is 0.0793. The van der Waals surface area contributed by atoms with Gasteiger partial charge < -0.3 is 9.84 Å². The summed E-state index contributed by atoms with van der Waals surface area (Å²) in [6.45, 7) is 5.14. The average molecular weight is 260 g/mol. The lowest BCUT2D eigenvalue weighted by molar-refractivity contribution is 0.175. The molecule has 2 aliphatic rings. The summed E-state index contributed by atoms with van der Waals surface area (Å²) in [6.07, 6.45) is 4.09. The molecule has 1 aromatic rings. The molecule has 1 saturated carbocycles. The van der Waals surface area contributed by atoms with Gasteiger partial charge in [0, 0.05) is 0 Å². The van der Waals surface area contributed by atoms with E-state index in [9.17, 15) is 5.11 Å². The number of aliphatic hydroxyl groups excluding tert-OH is 1. The highest BCUT2D eigenvalue weighted by Crippen LogP contribution is 2.43. The summed E-state index contributed by atoms with van der Waals surface area (Å²) in [5.74, 6) is 2.97. The molecule has 0 aromatic heterocycles. The highest BCUT2D eigenvalue weighted by molar-refractivity contribution is 5.42. The van der Waals surface area contributed by atoms with Crippen LogP contribution in [0, 0.1) is 17.8 Å². The van der Waals surface area contributed by atoms with E-state index in [2.05, 4.69) is 32.0 Å². The maximum atomic E-state index is 9.85. The molecule has 0 aliphatic heterocycles. The molecule has 19 heavy (non-hydrogen) atoms. The summed E-state index contributed by atoms with van der Waals surface area (Å²) in [5.41, 5.74) is 2.84. The van der Waals surface area contributed by atoms with Crippen molar-refractivity contribution in [2.45, 2.75) is 45.6 Å². The molecule has 2 aliphatic carbocycles. The topological polar surface area (TPSA) is 29.5 Å². The maximum absolute atomic E-state index is 9.85. The van der Waals surface area contributed by atoms with Gasteiger partial charge in [-0.3, -0.25) is 0 Å². The fourth-order valence-electron chi connectivity index (χ4n) is 3.65. The normalized spacial score (nSPS) is 29.2. The zero-order valence-corrected chi connectivity index (χ0v) is 11.9. The molecule has 3 rings (SSSR count). The molecule has 1 aromatic carbocycles. The quantitative estimate of drug-likeness (QED) is 0.904. The number of hydrogen-bond donors (Lipinski definition) is 1. The highest BCUT2D eigenvalue weighted by atomic mass is 16.5. The van der Waals surface area contributed by atoms with E-state index >= 15 is 0 Å². The predicted molar refractivity (Wildman–Crippen MR) is 76.4 cm³/mol. The number of ether oxygens (including phenoxy) is 1. The minimum atomic E-state index is -0.0793. The van der Waals surface area contributed by atoms with Crippen molar-refractivity contribution in [3.8, 4) is 5.75 Å². The summed E-state index contributed by atoms with van der Waals surface area (Å²) >= 11 is 0. The van der Waals surface area contributed by atoms with Crippen LogP contribution in [0.2, 0.25) is 0 Å². The van der Waals surface area contributed by atoms with E-state index in [1.165, 1.54) is 11.1 Å². The first-order valence-electron chi connectivity index (χ1n) is 7.55. The minimum Gasteiger partial charge on any atom is -0.493 e. The van der Waals surface area contributed by atoms with Crippen molar-refractivity contribution in [3.63, 3.8) is 0 Å². The molecule has 0 amide bonds. The van der Waals surface area contributed by atoms with Gasteiger partial charge in [0.15, 0.2) is 0 Å². The highest BCUT2D eigenvalue weighted by Gasteiger charge is 2.37. The van der Waals surface area contributed by atoms with Crippen molar-refractivity contribution in [1.82, 2.24) is 0 Å². The van der Waals surface area contributed by atoms with Crippen molar-refractivity contribution in [1.29, 1.82) is 0 Å². The summed E-state index contributed by atoms with van der Waals surface area (Å²) < 4.78 is 5.98. The van der Waals surface area contributed by atoms with Crippen molar-refractivity contribution in [2.24, 2.45) is 17.8 Å². The Bertz CT molecular complexity index is 453. The third kappa shape index (κ3) is 2.64. The van der Waals surface area contributed by atoms with Crippen molar-refractivity contribution < 1.29 is 9.84 Å². The van der Waals surface area contributed by atoms with Gasteiger partial charge in [-0.25, -0.2) is 0 Å². The first-order valence-corrected chi connectivity index (χ1v) is 7.55. The van der Waals surface area contributed by atoms with E-state index in [4.69, 9.17) is 4.74 Å². The van der Waals surface area contributed by atoms with Gasteiger partial charge in [-0.05, 0) is 60.6 Å². The zero-order valence-electron chi connectivity index (χ0n) is 11.9. The molecule has 3 atom stereocenters. The van der Waals surface area contributed by atoms with E-state index in [1.54, 1.807) is 0 Å². The maximum Gasteiger partial charge on any atom is 0.122 e. The number of rotatable bonds is 3. The Morgan fingerprint density at radius 2 is 1.95 bits per heavy atom. The van der Waals surface area contributed by atoms with Crippen LogP contribution in [0.5, 0.6) is 5.75 Å². The fraction of sp³-hybridized carbons (Fsp3) is 0.647. The van der Waals surface area contributed by atoms with E-state index in [1.807, 2.05) is 0 Å². The Balaban J connectivity index is 1.81. The van der Waals surface area contributed by atoms with Crippen LogP contribution >= 0.6 is 0 Å². The molecule has 0 saturated heterocycles. The third-order valence-electron chi connectivity index (χ3n) is 4.57. The molecule has 2 heteroatoms. The first-order chi connectivity index (χ1) is 9.13. The Labute approximate surface area is 115 Å². The van der Waals surface area contributed by atoms with Gasteiger partial charge in [-0.15, -0.1) is 0 Å². The Hall–Kier alpha value is -1.02. The lowest BCUT2D eigenvalue weighted by atomic mass is 9.77. The number of aliphatic hydroxyl groups is 1. The van der Waals surface area contributed by atoms with Gasteiger partial charge >= 0.3 is 0 Å². The van der Waals surface area contributed by atoms with Gasteiger partial charge in [0.2, 0.25) is 0 Å². The van der Waals surface area contributed by atoms with Crippen molar-refractivity contribution in [3.05, 3.63) is 29.3 Å². The Morgan fingerprint density at radius 3 is 2.68 bits per heavy atom. The second kappa shape index (κ2) is 5.16. The number of hydrogen-bond acceptors (Lipinski definition) is 2. The van der Waals surface area contributed by atoms with E-state index in [0.717, 1.165) is 38.0 Å². The van der Waals surface area contributed by atoms with Crippen LogP contribution in [0.1, 0.15) is 37.8 Å². The second-order valence-corrected chi connectivity index (χ2v) is 6.65. The molecule has 1 fully saturated rings. The van der Waals surface area contributed by atoms with Crippen LogP contribution in [0.15, 0.2) is 18.2 Å². The van der Waals surface area contributed by atoms with Gasteiger partial charge in [0.05, 0.1) is 12.7 Å². The Kier molecular flexibility index (Phi) is 3.53. The number of fused-ring (bicyclic) bond motifs is 2.